The first-order valence-electron chi connectivity index (χ1n) is 3.53. The standard InChI is InChI=1S/C8H7ClO3S/c1-5(9)8(10)12-6-4-11-3-2-7(6)13/h2-5H,1H3. The van der Waals surface area contributed by atoms with Crippen LogP contribution in [0.25, 0.3) is 0 Å². The maximum Gasteiger partial charge on any atom is 0.329 e. The van der Waals surface area contributed by atoms with Crippen molar-refractivity contribution in [3.05, 3.63) is 23.1 Å². The molecule has 70 valence electrons. The number of carbonyl (C=O) groups is 1. The summed E-state index contributed by atoms with van der Waals surface area (Å²) in [5.74, 6) is -0.329. The third-order valence-corrected chi connectivity index (χ3v) is 1.77. The van der Waals surface area contributed by atoms with Crippen LogP contribution < -0.4 is 4.74 Å². The molecule has 0 spiro atoms. The molecule has 5 heteroatoms. The highest BCUT2D eigenvalue weighted by atomic mass is 35.5. The Kier molecular flexibility index (Phi) is 3.45. The molecule has 0 aliphatic rings. The predicted octanol–water partition coefficient (Wildman–Crippen LogP) is 2.54. The lowest BCUT2D eigenvalue weighted by atomic mass is 10.4. The summed E-state index contributed by atoms with van der Waals surface area (Å²) in [4.78, 5) is 11.0. The largest absolute Gasteiger partial charge is 0.469 e. The fourth-order valence-corrected chi connectivity index (χ4v) is 0.796. The second-order valence-corrected chi connectivity index (χ2v) is 3.42. The Hall–Kier alpha value is -0.870. The SMILES string of the molecule is CC(Cl)C(=O)Oc1coccc1=S. The summed E-state index contributed by atoms with van der Waals surface area (Å²) in [5, 5.41) is -0.699. The first-order chi connectivity index (χ1) is 6.11. The van der Waals surface area contributed by atoms with E-state index in [9.17, 15) is 4.79 Å². The number of esters is 1. The molecule has 1 aromatic heterocycles. The van der Waals surface area contributed by atoms with Gasteiger partial charge in [-0.25, -0.2) is 0 Å². The van der Waals surface area contributed by atoms with Crippen LogP contribution >= 0.6 is 23.8 Å². The van der Waals surface area contributed by atoms with E-state index in [2.05, 4.69) is 0 Å². The molecule has 1 atom stereocenters. The van der Waals surface area contributed by atoms with E-state index in [1.807, 2.05) is 0 Å². The zero-order valence-electron chi connectivity index (χ0n) is 6.82. The molecule has 0 saturated heterocycles. The molecule has 0 amide bonds. The van der Waals surface area contributed by atoms with Crippen LogP contribution in [0, 0.1) is 4.51 Å². The highest BCUT2D eigenvalue weighted by Gasteiger charge is 2.12. The average Bonchev–Trinajstić information content (AvgIpc) is 2.08. The van der Waals surface area contributed by atoms with Gasteiger partial charge >= 0.3 is 5.97 Å². The van der Waals surface area contributed by atoms with Crippen molar-refractivity contribution in [3.63, 3.8) is 0 Å². The normalized spacial score (nSPS) is 12.2. The Morgan fingerprint density at radius 1 is 1.77 bits per heavy atom. The van der Waals surface area contributed by atoms with E-state index in [-0.39, 0.29) is 5.75 Å². The lowest BCUT2D eigenvalue weighted by molar-refractivity contribution is -0.133. The Morgan fingerprint density at radius 2 is 2.46 bits per heavy atom. The van der Waals surface area contributed by atoms with Crippen molar-refractivity contribution in [1.82, 2.24) is 0 Å². The minimum Gasteiger partial charge on any atom is -0.469 e. The number of ether oxygens (including phenoxy) is 1. The molecule has 0 bridgehead atoms. The molecule has 0 N–H and O–H groups in total. The lowest BCUT2D eigenvalue weighted by Gasteiger charge is -2.03. The number of halogens is 1. The van der Waals surface area contributed by atoms with Crippen LogP contribution in [0.2, 0.25) is 0 Å². The van der Waals surface area contributed by atoms with Crippen molar-refractivity contribution >= 4 is 29.8 Å². The average molecular weight is 219 g/mol. The van der Waals surface area contributed by atoms with Gasteiger partial charge in [0.15, 0.2) is 5.75 Å². The van der Waals surface area contributed by atoms with Gasteiger partial charge in [0.2, 0.25) is 0 Å². The van der Waals surface area contributed by atoms with E-state index in [0.717, 1.165) is 0 Å². The molecular formula is C8H7ClO3S. The number of hydrogen-bond donors (Lipinski definition) is 0. The van der Waals surface area contributed by atoms with Gasteiger partial charge in [-0.1, -0.05) is 12.2 Å². The zero-order valence-corrected chi connectivity index (χ0v) is 8.39. The first kappa shape index (κ1) is 10.2. The second kappa shape index (κ2) is 4.39. The van der Waals surface area contributed by atoms with E-state index in [1.54, 1.807) is 0 Å². The number of rotatable bonds is 2. The van der Waals surface area contributed by atoms with Crippen molar-refractivity contribution in [3.8, 4) is 5.75 Å². The summed E-state index contributed by atoms with van der Waals surface area (Å²) in [6.45, 7) is 1.52. The van der Waals surface area contributed by atoms with Gasteiger partial charge in [-0.05, 0) is 13.0 Å². The summed E-state index contributed by atoms with van der Waals surface area (Å²) in [6, 6.07) is 1.52. The fourth-order valence-electron chi connectivity index (χ4n) is 0.606. The number of hydrogen-bond acceptors (Lipinski definition) is 4. The third kappa shape index (κ3) is 2.82. The van der Waals surface area contributed by atoms with E-state index in [4.69, 9.17) is 33.0 Å². The van der Waals surface area contributed by atoms with E-state index in [1.165, 1.54) is 25.5 Å². The van der Waals surface area contributed by atoms with Gasteiger partial charge < -0.3 is 9.15 Å². The highest BCUT2D eigenvalue weighted by Crippen LogP contribution is 2.13. The Balaban J connectivity index is 2.81. The molecule has 0 fully saturated rings. The first-order valence-corrected chi connectivity index (χ1v) is 4.38. The molecule has 0 saturated carbocycles. The third-order valence-electron chi connectivity index (χ3n) is 1.25. The topological polar surface area (TPSA) is 39.4 Å². The molecule has 1 aromatic rings. The van der Waals surface area contributed by atoms with E-state index in [0.29, 0.717) is 4.51 Å². The van der Waals surface area contributed by atoms with Crippen LogP contribution in [0.4, 0.5) is 0 Å². The molecule has 13 heavy (non-hydrogen) atoms. The van der Waals surface area contributed by atoms with E-state index >= 15 is 0 Å². The molecule has 0 aliphatic carbocycles. The summed E-state index contributed by atoms with van der Waals surface area (Å²) >= 11 is 10.4. The van der Waals surface area contributed by atoms with Gasteiger partial charge in [0.25, 0.3) is 0 Å². The second-order valence-electron chi connectivity index (χ2n) is 2.32. The maximum atomic E-state index is 11.0. The van der Waals surface area contributed by atoms with Crippen molar-refractivity contribution in [2.75, 3.05) is 0 Å². The minimum atomic E-state index is -0.699. The van der Waals surface area contributed by atoms with Crippen molar-refractivity contribution in [2.45, 2.75) is 12.3 Å². The van der Waals surface area contributed by atoms with Crippen LogP contribution in [0.15, 0.2) is 23.0 Å². The van der Waals surface area contributed by atoms with Crippen LogP contribution in [-0.2, 0) is 4.79 Å². The van der Waals surface area contributed by atoms with Gasteiger partial charge in [-0.2, -0.15) is 0 Å². The predicted molar refractivity (Wildman–Crippen MR) is 50.5 cm³/mol. The summed E-state index contributed by atoms with van der Waals surface area (Å²) < 4.78 is 10.0. The summed E-state index contributed by atoms with van der Waals surface area (Å²) in [7, 11) is 0. The lowest BCUT2D eigenvalue weighted by Crippen LogP contribution is -2.17. The highest BCUT2D eigenvalue weighted by molar-refractivity contribution is 7.71. The van der Waals surface area contributed by atoms with Crippen LogP contribution in [0.1, 0.15) is 6.92 Å². The van der Waals surface area contributed by atoms with Gasteiger partial charge in [-0.3, -0.25) is 4.79 Å². The molecule has 0 aromatic carbocycles. The van der Waals surface area contributed by atoms with Crippen LogP contribution in [0.3, 0.4) is 0 Å². The van der Waals surface area contributed by atoms with Crippen LogP contribution in [-0.4, -0.2) is 11.3 Å². The fraction of sp³-hybridized carbons (Fsp3) is 0.250. The quantitative estimate of drug-likeness (QED) is 0.435. The molecule has 3 nitrogen and oxygen atoms in total. The van der Waals surface area contributed by atoms with Crippen molar-refractivity contribution < 1.29 is 13.9 Å². The van der Waals surface area contributed by atoms with Gasteiger partial charge in [0.05, 0.1) is 10.8 Å². The molecule has 1 rings (SSSR count). The van der Waals surface area contributed by atoms with Gasteiger partial charge in [-0.15, -0.1) is 11.6 Å². The molecule has 1 heterocycles. The van der Waals surface area contributed by atoms with Crippen molar-refractivity contribution in [1.29, 1.82) is 0 Å². The van der Waals surface area contributed by atoms with Crippen molar-refractivity contribution in [2.24, 2.45) is 0 Å². The zero-order chi connectivity index (χ0) is 9.84. The Morgan fingerprint density at radius 3 is 3.00 bits per heavy atom. The maximum absolute atomic E-state index is 11.0. The van der Waals surface area contributed by atoms with Gasteiger partial charge in [0, 0.05) is 0 Å². The Labute approximate surface area is 85.3 Å². The summed E-state index contributed by atoms with van der Waals surface area (Å²) in [6.07, 6.45) is 2.67. The summed E-state index contributed by atoms with van der Waals surface area (Å²) in [5.41, 5.74) is 0. The Bertz CT molecular complexity index is 358. The molecule has 0 radical (unpaired) electrons. The van der Waals surface area contributed by atoms with Gasteiger partial charge in [0.1, 0.15) is 11.6 Å². The molecular weight excluding hydrogens is 212 g/mol. The molecule has 0 aliphatic heterocycles. The number of carbonyl (C=O) groups excluding carboxylic acids is 1. The van der Waals surface area contributed by atoms with Crippen LogP contribution in [0.5, 0.6) is 5.75 Å². The number of alkyl halides is 1. The molecule has 1 unspecified atom stereocenters. The monoisotopic (exact) mass is 218 g/mol. The minimum absolute atomic E-state index is 0.218. The van der Waals surface area contributed by atoms with E-state index < -0.39 is 11.3 Å². The smallest absolute Gasteiger partial charge is 0.329 e.